The number of anilines is 1. The lowest BCUT2D eigenvalue weighted by Crippen LogP contribution is -2.55. The number of benzene rings is 1. The van der Waals surface area contributed by atoms with Crippen molar-refractivity contribution in [3.8, 4) is 11.5 Å². The number of amides is 2. The highest BCUT2D eigenvalue weighted by atomic mass is 16.6. The van der Waals surface area contributed by atoms with Gasteiger partial charge in [-0.15, -0.1) is 0 Å². The zero-order chi connectivity index (χ0) is 20.0. The summed E-state index contributed by atoms with van der Waals surface area (Å²) in [6.07, 6.45) is 5.95. The van der Waals surface area contributed by atoms with Crippen LogP contribution >= 0.6 is 0 Å². The molecule has 156 valence electrons. The van der Waals surface area contributed by atoms with Gasteiger partial charge < -0.3 is 25.4 Å². The molecule has 1 aromatic rings. The molecule has 29 heavy (non-hydrogen) atoms. The summed E-state index contributed by atoms with van der Waals surface area (Å²) in [5, 5.41) is 3.25. The Hall–Kier alpha value is -2.28. The van der Waals surface area contributed by atoms with Crippen molar-refractivity contribution in [1.82, 2.24) is 5.32 Å². The fourth-order valence-corrected chi connectivity index (χ4v) is 5.67. The molecule has 1 aromatic carbocycles. The smallest absolute Gasteiger partial charge is 0.239 e. The van der Waals surface area contributed by atoms with Crippen LogP contribution in [0.15, 0.2) is 18.2 Å². The van der Waals surface area contributed by atoms with Crippen LogP contribution in [-0.4, -0.2) is 43.7 Å². The molecule has 7 heteroatoms. The summed E-state index contributed by atoms with van der Waals surface area (Å²) in [6, 6.07) is 5.94. The molecule has 2 bridgehead atoms. The van der Waals surface area contributed by atoms with E-state index in [1.807, 2.05) is 18.2 Å². The van der Waals surface area contributed by atoms with Gasteiger partial charge >= 0.3 is 0 Å². The van der Waals surface area contributed by atoms with E-state index in [2.05, 4.69) is 5.32 Å². The first-order valence-corrected chi connectivity index (χ1v) is 10.9. The molecular formula is C22H29N3O4. The van der Waals surface area contributed by atoms with Crippen LogP contribution in [0.1, 0.15) is 38.5 Å². The Bertz CT molecular complexity index is 799. The first kappa shape index (κ1) is 18.7. The highest BCUT2D eigenvalue weighted by Gasteiger charge is 2.43. The quantitative estimate of drug-likeness (QED) is 0.757. The van der Waals surface area contributed by atoms with Crippen molar-refractivity contribution >= 4 is 17.5 Å². The molecule has 2 amide bonds. The van der Waals surface area contributed by atoms with Crippen molar-refractivity contribution in [1.29, 1.82) is 0 Å². The van der Waals surface area contributed by atoms with Gasteiger partial charge in [0.15, 0.2) is 11.5 Å². The molecule has 3 unspecified atom stereocenters. The van der Waals surface area contributed by atoms with Crippen LogP contribution in [0.3, 0.4) is 0 Å². The third-order valence-corrected chi connectivity index (χ3v) is 7.04. The number of rotatable bonds is 3. The maximum atomic E-state index is 13.0. The van der Waals surface area contributed by atoms with E-state index in [4.69, 9.17) is 15.2 Å². The van der Waals surface area contributed by atoms with Crippen LogP contribution in [-0.2, 0) is 9.59 Å². The predicted octanol–water partition coefficient (Wildman–Crippen LogP) is 1.83. The Balaban J connectivity index is 1.27. The van der Waals surface area contributed by atoms with Crippen molar-refractivity contribution in [2.24, 2.45) is 23.5 Å². The van der Waals surface area contributed by atoms with E-state index in [1.54, 1.807) is 4.90 Å². The standard InChI is InChI=1S/C22H29N3O4/c23-15-10-13-2-1-3-14(11-15)20(13)24-21(26)17-6-7-25(22(17)27)16-4-5-18-19(12-16)29-9-8-28-18/h4-5,12-15,17,20H,1-3,6-11,23H2,(H,24,26). The molecule has 2 saturated carbocycles. The predicted molar refractivity (Wildman–Crippen MR) is 108 cm³/mol. The number of fused-ring (bicyclic) bond motifs is 3. The Kier molecular flexibility index (Phi) is 4.86. The summed E-state index contributed by atoms with van der Waals surface area (Å²) in [7, 11) is 0. The second kappa shape index (κ2) is 7.52. The fourth-order valence-electron chi connectivity index (χ4n) is 5.67. The summed E-state index contributed by atoms with van der Waals surface area (Å²) >= 11 is 0. The molecule has 3 atom stereocenters. The van der Waals surface area contributed by atoms with Gasteiger partial charge in [-0.1, -0.05) is 6.42 Å². The van der Waals surface area contributed by atoms with E-state index in [0.717, 1.165) is 31.4 Å². The maximum Gasteiger partial charge on any atom is 0.239 e. The van der Waals surface area contributed by atoms with Gasteiger partial charge in [0.25, 0.3) is 0 Å². The average molecular weight is 399 g/mol. The summed E-state index contributed by atoms with van der Waals surface area (Å²) in [5.74, 6) is 1.39. The molecule has 0 aromatic heterocycles. The minimum atomic E-state index is -0.612. The van der Waals surface area contributed by atoms with Gasteiger partial charge in [0.1, 0.15) is 19.1 Å². The molecule has 3 fully saturated rings. The molecule has 0 radical (unpaired) electrons. The molecule has 3 N–H and O–H groups in total. The van der Waals surface area contributed by atoms with Crippen LogP contribution in [0.5, 0.6) is 11.5 Å². The molecule has 2 aliphatic carbocycles. The van der Waals surface area contributed by atoms with Gasteiger partial charge in [0, 0.05) is 30.4 Å². The summed E-state index contributed by atoms with van der Waals surface area (Å²) in [4.78, 5) is 27.7. The summed E-state index contributed by atoms with van der Waals surface area (Å²) in [5.41, 5.74) is 6.96. The van der Waals surface area contributed by atoms with Gasteiger partial charge in [-0.3, -0.25) is 9.59 Å². The number of carbonyl (C=O) groups excluding carboxylic acids is 2. The van der Waals surface area contributed by atoms with Gasteiger partial charge in [-0.25, -0.2) is 0 Å². The second-order valence-corrected chi connectivity index (χ2v) is 8.88. The molecule has 1 saturated heterocycles. The molecule has 4 aliphatic rings. The van der Waals surface area contributed by atoms with Crippen LogP contribution in [0, 0.1) is 17.8 Å². The lowest BCUT2D eigenvalue weighted by atomic mass is 9.67. The van der Waals surface area contributed by atoms with Gasteiger partial charge in [0.2, 0.25) is 11.8 Å². The van der Waals surface area contributed by atoms with E-state index in [9.17, 15) is 9.59 Å². The molecule has 7 nitrogen and oxygen atoms in total. The molecule has 2 heterocycles. The van der Waals surface area contributed by atoms with Crippen LogP contribution in [0.2, 0.25) is 0 Å². The van der Waals surface area contributed by atoms with Crippen molar-refractivity contribution in [3.05, 3.63) is 18.2 Å². The van der Waals surface area contributed by atoms with E-state index in [1.165, 1.54) is 6.42 Å². The first-order chi connectivity index (χ1) is 14.1. The van der Waals surface area contributed by atoms with Gasteiger partial charge in [-0.2, -0.15) is 0 Å². The Morgan fingerprint density at radius 3 is 2.55 bits per heavy atom. The zero-order valence-corrected chi connectivity index (χ0v) is 16.6. The van der Waals surface area contributed by atoms with E-state index in [0.29, 0.717) is 49.5 Å². The van der Waals surface area contributed by atoms with Crippen LogP contribution in [0.4, 0.5) is 5.69 Å². The monoisotopic (exact) mass is 399 g/mol. The number of hydrogen-bond acceptors (Lipinski definition) is 5. The number of carbonyl (C=O) groups is 2. The van der Waals surface area contributed by atoms with Gasteiger partial charge in [-0.05, 0) is 56.1 Å². The Labute approximate surface area is 170 Å². The van der Waals surface area contributed by atoms with E-state index in [-0.39, 0.29) is 23.9 Å². The minimum Gasteiger partial charge on any atom is -0.486 e. The SMILES string of the molecule is NC1CC2CCCC(C1)C2NC(=O)C1CCN(c2ccc3c(c2)OCCO3)C1=O. The Morgan fingerprint density at radius 1 is 1.07 bits per heavy atom. The maximum absolute atomic E-state index is 13.0. The number of ether oxygens (including phenoxy) is 2. The molecular weight excluding hydrogens is 370 g/mol. The van der Waals surface area contributed by atoms with Crippen molar-refractivity contribution in [2.45, 2.75) is 50.6 Å². The third kappa shape index (κ3) is 3.45. The van der Waals surface area contributed by atoms with Crippen LogP contribution < -0.4 is 25.4 Å². The highest BCUT2D eigenvalue weighted by Crippen LogP contribution is 2.40. The van der Waals surface area contributed by atoms with E-state index >= 15 is 0 Å². The minimum absolute atomic E-state index is 0.118. The summed E-state index contributed by atoms with van der Waals surface area (Å²) < 4.78 is 11.2. The zero-order valence-electron chi connectivity index (χ0n) is 16.6. The first-order valence-electron chi connectivity index (χ1n) is 10.9. The van der Waals surface area contributed by atoms with Crippen molar-refractivity contribution in [2.75, 3.05) is 24.7 Å². The number of hydrogen-bond donors (Lipinski definition) is 2. The molecule has 0 spiro atoms. The topological polar surface area (TPSA) is 93.9 Å². The summed E-state index contributed by atoms with van der Waals surface area (Å²) in [6.45, 7) is 1.58. The number of nitrogens with zero attached hydrogens (tertiary/aromatic N) is 1. The molecule has 5 rings (SSSR count). The fraction of sp³-hybridized carbons (Fsp3) is 0.636. The largest absolute Gasteiger partial charge is 0.486 e. The number of nitrogens with two attached hydrogens (primary N) is 1. The third-order valence-electron chi connectivity index (χ3n) is 7.04. The van der Waals surface area contributed by atoms with Gasteiger partial charge in [0.05, 0.1) is 0 Å². The average Bonchev–Trinajstić information content (AvgIpc) is 3.10. The highest BCUT2D eigenvalue weighted by molar-refractivity contribution is 6.09. The normalized spacial score (nSPS) is 33.5. The second-order valence-electron chi connectivity index (χ2n) is 8.88. The van der Waals surface area contributed by atoms with Crippen molar-refractivity contribution < 1.29 is 19.1 Å². The lowest BCUT2D eigenvalue weighted by Gasteiger charge is -2.45. The molecule has 2 aliphatic heterocycles. The van der Waals surface area contributed by atoms with E-state index < -0.39 is 5.92 Å². The lowest BCUT2D eigenvalue weighted by molar-refractivity contribution is -0.133. The van der Waals surface area contributed by atoms with Crippen molar-refractivity contribution in [3.63, 3.8) is 0 Å². The number of nitrogens with one attached hydrogen (secondary N) is 1. The Morgan fingerprint density at radius 2 is 1.79 bits per heavy atom. The van der Waals surface area contributed by atoms with Crippen LogP contribution in [0.25, 0.3) is 0 Å².